The van der Waals surface area contributed by atoms with Crippen LogP contribution in [0.2, 0.25) is 0 Å². The molecule has 1 aromatic carbocycles. The molecule has 0 radical (unpaired) electrons. The van der Waals surface area contributed by atoms with Crippen LogP contribution in [0, 0.1) is 5.92 Å². The third-order valence-electron chi connectivity index (χ3n) is 5.14. The summed E-state index contributed by atoms with van der Waals surface area (Å²) in [6.45, 7) is 1.72. The van der Waals surface area contributed by atoms with Gasteiger partial charge in [0.25, 0.3) is 0 Å². The molecule has 10 heteroatoms. The Bertz CT molecular complexity index is 1060. The van der Waals surface area contributed by atoms with Crippen LogP contribution >= 0.6 is 0 Å². The SMILES string of the molecule is CCC(=O)NC(C1=CC=C(c2noc(C(F)(F)F)n2)S1=O)(c1ccccc1)C1CC1. The molecule has 2 heterocycles. The van der Waals surface area contributed by atoms with Crippen LogP contribution in [0.5, 0.6) is 0 Å². The number of hydrogen-bond acceptors (Lipinski definition) is 5. The van der Waals surface area contributed by atoms with E-state index in [2.05, 4.69) is 20.0 Å². The molecule has 0 saturated heterocycles. The van der Waals surface area contributed by atoms with Crippen LogP contribution in [0.4, 0.5) is 13.2 Å². The first-order valence-corrected chi connectivity index (χ1v) is 10.5. The summed E-state index contributed by atoms with van der Waals surface area (Å²) in [6.07, 6.45) is 0.0949. The molecule has 158 valence electrons. The number of carbonyl (C=O) groups is 1. The first-order valence-electron chi connectivity index (χ1n) is 9.39. The number of halogens is 3. The van der Waals surface area contributed by atoms with E-state index in [4.69, 9.17) is 0 Å². The molecule has 1 aromatic heterocycles. The molecular weight excluding hydrogens is 419 g/mol. The fourth-order valence-electron chi connectivity index (χ4n) is 3.61. The van der Waals surface area contributed by atoms with Crippen LogP contribution in [-0.2, 0) is 27.3 Å². The Morgan fingerprint density at radius 2 is 1.93 bits per heavy atom. The average molecular weight is 437 g/mol. The minimum absolute atomic E-state index is 0.0101. The number of allylic oxidation sites excluding steroid dienone is 2. The van der Waals surface area contributed by atoms with E-state index < -0.39 is 28.4 Å². The summed E-state index contributed by atoms with van der Waals surface area (Å²) in [5.41, 5.74) is -0.249. The van der Waals surface area contributed by atoms with Crippen molar-refractivity contribution in [3.8, 4) is 0 Å². The normalized spacial score (nSPS) is 21.0. The fraction of sp³-hybridized carbons (Fsp3) is 0.350. The van der Waals surface area contributed by atoms with Crippen molar-refractivity contribution in [2.24, 2.45) is 5.92 Å². The molecule has 1 fully saturated rings. The number of nitrogens with one attached hydrogen (secondary N) is 1. The second kappa shape index (κ2) is 7.50. The zero-order valence-electron chi connectivity index (χ0n) is 15.9. The summed E-state index contributed by atoms with van der Waals surface area (Å²) < 4.78 is 56.1. The number of nitrogens with zero attached hydrogens (tertiary/aromatic N) is 2. The molecule has 0 bridgehead atoms. The summed E-state index contributed by atoms with van der Waals surface area (Å²) in [5, 5.41) is 6.41. The number of rotatable bonds is 6. The number of carbonyl (C=O) groups excluding carboxylic acids is 1. The van der Waals surface area contributed by atoms with Crippen molar-refractivity contribution in [2.45, 2.75) is 37.9 Å². The van der Waals surface area contributed by atoms with E-state index in [0.717, 1.165) is 18.4 Å². The van der Waals surface area contributed by atoms with Gasteiger partial charge in [-0.2, -0.15) is 18.2 Å². The van der Waals surface area contributed by atoms with E-state index in [0.29, 0.717) is 4.91 Å². The van der Waals surface area contributed by atoms with Crippen LogP contribution in [0.1, 0.15) is 43.5 Å². The molecule has 1 amide bonds. The smallest absolute Gasteiger partial charge is 0.342 e. The Kier molecular flexibility index (Phi) is 5.13. The molecule has 2 aromatic rings. The molecular formula is C20H18F3N3O3S. The van der Waals surface area contributed by atoms with Gasteiger partial charge in [-0.3, -0.25) is 4.79 Å². The third kappa shape index (κ3) is 3.49. The lowest BCUT2D eigenvalue weighted by atomic mass is 9.83. The van der Waals surface area contributed by atoms with Crippen molar-refractivity contribution in [3.05, 3.63) is 64.7 Å². The van der Waals surface area contributed by atoms with Crippen molar-refractivity contribution in [1.29, 1.82) is 0 Å². The van der Waals surface area contributed by atoms with E-state index in [1.807, 2.05) is 30.3 Å². The van der Waals surface area contributed by atoms with Gasteiger partial charge in [0.05, 0.1) is 20.6 Å². The van der Waals surface area contributed by atoms with Crippen molar-refractivity contribution in [2.75, 3.05) is 0 Å². The van der Waals surface area contributed by atoms with Crippen molar-refractivity contribution in [1.82, 2.24) is 15.5 Å². The molecule has 6 nitrogen and oxygen atoms in total. The first kappa shape index (κ1) is 20.5. The zero-order chi connectivity index (χ0) is 21.5. The molecule has 4 rings (SSSR count). The highest BCUT2D eigenvalue weighted by atomic mass is 32.2. The average Bonchev–Trinajstić information content (AvgIpc) is 3.32. The van der Waals surface area contributed by atoms with Gasteiger partial charge >= 0.3 is 12.1 Å². The summed E-state index contributed by atoms with van der Waals surface area (Å²) in [5.74, 6) is -2.07. The van der Waals surface area contributed by atoms with Crippen LogP contribution < -0.4 is 5.32 Å². The second-order valence-corrected chi connectivity index (χ2v) is 8.52. The predicted octanol–water partition coefficient (Wildman–Crippen LogP) is 3.91. The summed E-state index contributed by atoms with van der Waals surface area (Å²) in [4.78, 5) is 16.2. The molecule has 1 N–H and O–H groups in total. The van der Waals surface area contributed by atoms with Gasteiger partial charge in [-0.1, -0.05) is 42.4 Å². The number of alkyl halides is 3. The maximum atomic E-state index is 13.4. The molecule has 1 saturated carbocycles. The number of hydrogen-bond donors (Lipinski definition) is 1. The molecule has 2 aliphatic rings. The lowest BCUT2D eigenvalue weighted by Gasteiger charge is -2.37. The molecule has 2 unspecified atom stereocenters. The van der Waals surface area contributed by atoms with Crippen LogP contribution in [-0.4, -0.2) is 20.3 Å². The van der Waals surface area contributed by atoms with Crippen molar-refractivity contribution < 1.29 is 26.7 Å². The molecule has 0 spiro atoms. The lowest BCUT2D eigenvalue weighted by Crippen LogP contribution is -2.49. The van der Waals surface area contributed by atoms with Gasteiger partial charge in [0.2, 0.25) is 11.7 Å². The van der Waals surface area contributed by atoms with Gasteiger partial charge in [-0.25, -0.2) is 4.21 Å². The maximum Gasteiger partial charge on any atom is 0.471 e. The molecule has 30 heavy (non-hydrogen) atoms. The Hall–Kier alpha value is -2.75. The fourth-order valence-corrected chi connectivity index (χ4v) is 5.10. The summed E-state index contributed by atoms with van der Waals surface area (Å²) >= 11 is 0. The minimum Gasteiger partial charge on any atom is -0.342 e. The summed E-state index contributed by atoms with van der Waals surface area (Å²) in [6, 6.07) is 9.18. The molecule has 1 aliphatic carbocycles. The third-order valence-corrected chi connectivity index (χ3v) is 6.72. The highest BCUT2D eigenvalue weighted by Gasteiger charge is 2.53. The first-order chi connectivity index (χ1) is 14.3. The Labute approximate surface area is 172 Å². The van der Waals surface area contributed by atoms with Crippen molar-refractivity contribution >= 4 is 21.6 Å². The largest absolute Gasteiger partial charge is 0.471 e. The van der Waals surface area contributed by atoms with Crippen molar-refractivity contribution in [3.63, 3.8) is 0 Å². The highest BCUT2D eigenvalue weighted by molar-refractivity contribution is 7.98. The Balaban J connectivity index is 1.74. The van der Waals surface area contributed by atoms with Gasteiger partial charge in [0.15, 0.2) is 0 Å². The van der Waals surface area contributed by atoms with Gasteiger partial charge in [-0.15, -0.1) is 0 Å². The van der Waals surface area contributed by atoms with E-state index >= 15 is 0 Å². The van der Waals surface area contributed by atoms with Gasteiger partial charge in [0, 0.05) is 6.42 Å². The van der Waals surface area contributed by atoms with E-state index in [1.54, 1.807) is 13.0 Å². The minimum atomic E-state index is -4.79. The quantitative estimate of drug-likeness (QED) is 0.741. The van der Waals surface area contributed by atoms with E-state index in [9.17, 15) is 22.2 Å². The van der Waals surface area contributed by atoms with E-state index in [1.165, 1.54) is 6.08 Å². The van der Waals surface area contributed by atoms with Crippen LogP contribution in [0.15, 0.2) is 51.9 Å². The molecule has 1 aliphatic heterocycles. The highest BCUT2D eigenvalue weighted by Crippen LogP contribution is 2.53. The van der Waals surface area contributed by atoms with E-state index in [-0.39, 0.29) is 29.0 Å². The van der Waals surface area contributed by atoms with Gasteiger partial charge in [0.1, 0.15) is 5.54 Å². The number of aromatic nitrogens is 2. The zero-order valence-corrected chi connectivity index (χ0v) is 16.7. The lowest BCUT2D eigenvalue weighted by molar-refractivity contribution is -0.159. The van der Waals surface area contributed by atoms with Gasteiger partial charge < -0.3 is 9.84 Å². The second-order valence-electron chi connectivity index (χ2n) is 7.10. The van der Waals surface area contributed by atoms with Crippen LogP contribution in [0.25, 0.3) is 4.91 Å². The Morgan fingerprint density at radius 3 is 2.50 bits per heavy atom. The number of amides is 1. The maximum absolute atomic E-state index is 13.4. The van der Waals surface area contributed by atoms with Gasteiger partial charge in [-0.05, 0) is 36.5 Å². The number of benzene rings is 1. The predicted molar refractivity (Wildman–Crippen MR) is 103 cm³/mol. The summed E-state index contributed by atoms with van der Waals surface area (Å²) in [7, 11) is -1.88. The standard InChI is InChI=1S/C20H18F3N3O3S/c1-2-16(27)25-19(13-8-9-13,12-6-4-3-5-7-12)15-11-10-14(30(15)28)17-24-18(29-26-17)20(21,22)23/h3-7,10-11,13H,2,8-9H2,1H3,(H,25,27). The monoisotopic (exact) mass is 437 g/mol. The molecule has 2 atom stereocenters. The van der Waals surface area contributed by atoms with Crippen LogP contribution in [0.3, 0.4) is 0 Å². The topological polar surface area (TPSA) is 85.1 Å². The Morgan fingerprint density at radius 1 is 1.23 bits per heavy atom.